The van der Waals surface area contributed by atoms with Crippen LogP contribution in [-0.2, 0) is 9.59 Å². The summed E-state index contributed by atoms with van der Waals surface area (Å²) in [7, 11) is 0. The standard InChI is InChI=1S/C17H14F2N2O2S/c18-11-4-3-5-12(8-11)20-15(22)9-21-16(23)10-24-17(21)13-6-1-2-7-14(13)19/h1-8,17H,9-10H2,(H,20,22)/t17-/m1/s1. The van der Waals surface area contributed by atoms with Crippen LogP contribution in [0.3, 0.4) is 0 Å². The van der Waals surface area contributed by atoms with Gasteiger partial charge in [-0.2, -0.15) is 0 Å². The van der Waals surface area contributed by atoms with Crippen LogP contribution in [0, 0.1) is 11.6 Å². The highest BCUT2D eigenvalue weighted by atomic mass is 32.2. The van der Waals surface area contributed by atoms with Crippen molar-refractivity contribution >= 4 is 29.3 Å². The lowest BCUT2D eigenvalue weighted by Crippen LogP contribution is -2.36. The number of carbonyl (C=O) groups is 2. The van der Waals surface area contributed by atoms with Crippen molar-refractivity contribution in [3.05, 3.63) is 65.7 Å². The topological polar surface area (TPSA) is 49.4 Å². The molecule has 0 bridgehead atoms. The number of carbonyl (C=O) groups excluding carboxylic acids is 2. The van der Waals surface area contributed by atoms with Gasteiger partial charge < -0.3 is 10.2 Å². The summed E-state index contributed by atoms with van der Waals surface area (Å²) in [5.41, 5.74) is 0.675. The van der Waals surface area contributed by atoms with E-state index in [1.165, 1.54) is 40.9 Å². The van der Waals surface area contributed by atoms with Gasteiger partial charge in [0.15, 0.2) is 0 Å². The minimum atomic E-state index is -0.544. The molecule has 124 valence electrons. The van der Waals surface area contributed by atoms with Crippen LogP contribution >= 0.6 is 11.8 Å². The molecule has 4 nitrogen and oxygen atoms in total. The second-order valence-corrected chi connectivity index (χ2v) is 6.33. The van der Waals surface area contributed by atoms with Crippen molar-refractivity contribution in [2.75, 3.05) is 17.6 Å². The SMILES string of the molecule is O=C(CN1C(=O)CS[C@@H]1c1ccccc1F)Nc1cccc(F)c1. The molecule has 0 spiro atoms. The Balaban J connectivity index is 1.73. The van der Waals surface area contributed by atoms with Crippen molar-refractivity contribution < 1.29 is 18.4 Å². The summed E-state index contributed by atoms with van der Waals surface area (Å²) in [5.74, 6) is -1.39. The number of hydrogen-bond acceptors (Lipinski definition) is 3. The fourth-order valence-electron chi connectivity index (χ4n) is 2.48. The Bertz CT molecular complexity index is 785. The second-order valence-electron chi connectivity index (χ2n) is 5.27. The Morgan fingerprint density at radius 3 is 2.75 bits per heavy atom. The molecular formula is C17H14F2N2O2S. The van der Waals surface area contributed by atoms with Gasteiger partial charge in [-0.3, -0.25) is 9.59 Å². The van der Waals surface area contributed by atoms with E-state index in [0.717, 1.165) is 0 Å². The highest BCUT2D eigenvalue weighted by Crippen LogP contribution is 2.39. The minimum absolute atomic E-state index is 0.187. The molecule has 0 unspecified atom stereocenters. The average molecular weight is 348 g/mol. The van der Waals surface area contributed by atoms with E-state index in [0.29, 0.717) is 11.3 Å². The quantitative estimate of drug-likeness (QED) is 0.923. The molecule has 3 rings (SSSR count). The van der Waals surface area contributed by atoms with E-state index < -0.39 is 22.9 Å². The lowest BCUT2D eigenvalue weighted by atomic mass is 10.2. The number of hydrogen-bond donors (Lipinski definition) is 1. The Hall–Kier alpha value is -2.41. The van der Waals surface area contributed by atoms with E-state index in [2.05, 4.69) is 5.32 Å². The van der Waals surface area contributed by atoms with E-state index in [-0.39, 0.29) is 18.2 Å². The van der Waals surface area contributed by atoms with Crippen LogP contribution in [-0.4, -0.2) is 29.0 Å². The van der Waals surface area contributed by atoms with Crippen molar-refractivity contribution in [3.63, 3.8) is 0 Å². The third-order valence-electron chi connectivity index (χ3n) is 3.56. The number of halogens is 2. The van der Waals surface area contributed by atoms with Crippen molar-refractivity contribution in [3.8, 4) is 0 Å². The molecule has 1 fully saturated rings. The van der Waals surface area contributed by atoms with Crippen LogP contribution in [0.15, 0.2) is 48.5 Å². The molecule has 1 heterocycles. The highest BCUT2D eigenvalue weighted by molar-refractivity contribution is 8.00. The molecule has 2 aromatic carbocycles. The maximum Gasteiger partial charge on any atom is 0.244 e. The van der Waals surface area contributed by atoms with Crippen LogP contribution in [0.25, 0.3) is 0 Å². The number of anilines is 1. The Labute approximate surface area is 141 Å². The molecule has 0 aliphatic carbocycles. The number of benzene rings is 2. The summed E-state index contributed by atoms with van der Waals surface area (Å²) in [5, 5.41) is 2.00. The van der Waals surface area contributed by atoms with Gasteiger partial charge in [-0.1, -0.05) is 24.3 Å². The van der Waals surface area contributed by atoms with Crippen LogP contribution < -0.4 is 5.32 Å². The van der Waals surface area contributed by atoms with Crippen molar-refractivity contribution in [2.24, 2.45) is 0 Å². The Morgan fingerprint density at radius 1 is 1.21 bits per heavy atom. The molecule has 2 aromatic rings. The summed E-state index contributed by atoms with van der Waals surface area (Å²) in [6.45, 7) is -0.221. The van der Waals surface area contributed by atoms with E-state index in [9.17, 15) is 18.4 Å². The van der Waals surface area contributed by atoms with Gasteiger partial charge in [0.1, 0.15) is 23.6 Å². The van der Waals surface area contributed by atoms with Gasteiger partial charge in [0.2, 0.25) is 11.8 Å². The largest absolute Gasteiger partial charge is 0.324 e. The zero-order chi connectivity index (χ0) is 17.1. The molecule has 1 aliphatic heterocycles. The number of thioether (sulfide) groups is 1. The average Bonchev–Trinajstić information content (AvgIpc) is 2.89. The zero-order valence-corrected chi connectivity index (χ0v) is 13.4. The molecule has 1 saturated heterocycles. The fraction of sp³-hybridized carbons (Fsp3) is 0.176. The molecule has 0 radical (unpaired) electrons. The van der Waals surface area contributed by atoms with Crippen LogP contribution in [0.4, 0.5) is 14.5 Å². The molecule has 1 aliphatic rings. The molecule has 7 heteroatoms. The third kappa shape index (κ3) is 3.56. The monoisotopic (exact) mass is 348 g/mol. The van der Waals surface area contributed by atoms with Crippen LogP contribution in [0.1, 0.15) is 10.9 Å². The molecule has 2 amide bonds. The van der Waals surface area contributed by atoms with E-state index in [1.54, 1.807) is 24.3 Å². The third-order valence-corrected chi connectivity index (χ3v) is 4.80. The second kappa shape index (κ2) is 7.00. The molecule has 0 aromatic heterocycles. The van der Waals surface area contributed by atoms with Gasteiger partial charge in [0, 0.05) is 11.3 Å². The normalized spacial score (nSPS) is 17.2. The maximum absolute atomic E-state index is 14.0. The van der Waals surface area contributed by atoms with E-state index >= 15 is 0 Å². The van der Waals surface area contributed by atoms with E-state index in [1.807, 2.05) is 0 Å². The fourth-order valence-corrected chi connectivity index (χ4v) is 3.69. The van der Waals surface area contributed by atoms with Gasteiger partial charge in [-0.15, -0.1) is 11.8 Å². The summed E-state index contributed by atoms with van der Waals surface area (Å²) < 4.78 is 27.1. The smallest absolute Gasteiger partial charge is 0.244 e. The predicted molar refractivity (Wildman–Crippen MR) is 88.3 cm³/mol. The highest BCUT2D eigenvalue weighted by Gasteiger charge is 2.35. The van der Waals surface area contributed by atoms with Crippen LogP contribution in [0.2, 0.25) is 0 Å². The molecule has 1 N–H and O–H groups in total. The van der Waals surface area contributed by atoms with Gasteiger partial charge in [0.25, 0.3) is 0 Å². The lowest BCUT2D eigenvalue weighted by Gasteiger charge is -2.24. The summed E-state index contributed by atoms with van der Waals surface area (Å²) in [6, 6.07) is 11.7. The molecule has 0 saturated carbocycles. The first kappa shape index (κ1) is 16.4. The van der Waals surface area contributed by atoms with E-state index in [4.69, 9.17) is 0 Å². The van der Waals surface area contributed by atoms with Crippen molar-refractivity contribution in [2.45, 2.75) is 5.37 Å². The summed E-state index contributed by atoms with van der Waals surface area (Å²) in [6.07, 6.45) is 0. The first-order chi connectivity index (χ1) is 11.5. The van der Waals surface area contributed by atoms with Gasteiger partial charge in [-0.05, 0) is 24.3 Å². The summed E-state index contributed by atoms with van der Waals surface area (Å²) in [4.78, 5) is 25.5. The van der Waals surface area contributed by atoms with Gasteiger partial charge in [0.05, 0.1) is 5.75 Å². The molecule has 1 atom stereocenters. The maximum atomic E-state index is 14.0. The first-order valence-electron chi connectivity index (χ1n) is 7.25. The molecule has 24 heavy (non-hydrogen) atoms. The van der Waals surface area contributed by atoms with Gasteiger partial charge in [-0.25, -0.2) is 8.78 Å². The zero-order valence-electron chi connectivity index (χ0n) is 12.5. The Morgan fingerprint density at radius 2 is 2.00 bits per heavy atom. The van der Waals surface area contributed by atoms with Crippen molar-refractivity contribution in [1.29, 1.82) is 0 Å². The number of nitrogens with zero attached hydrogens (tertiary/aromatic N) is 1. The lowest BCUT2D eigenvalue weighted by molar-refractivity contribution is -0.132. The van der Waals surface area contributed by atoms with Crippen LogP contribution in [0.5, 0.6) is 0 Å². The van der Waals surface area contributed by atoms with Crippen molar-refractivity contribution in [1.82, 2.24) is 4.90 Å². The predicted octanol–water partition coefficient (Wildman–Crippen LogP) is 3.18. The Kier molecular flexibility index (Phi) is 4.80. The first-order valence-corrected chi connectivity index (χ1v) is 8.30. The number of rotatable bonds is 4. The van der Waals surface area contributed by atoms with Gasteiger partial charge >= 0.3 is 0 Å². The number of nitrogens with one attached hydrogen (secondary N) is 1. The molecular weight excluding hydrogens is 334 g/mol. The number of amides is 2. The summed E-state index contributed by atoms with van der Waals surface area (Å²) >= 11 is 1.27. The minimum Gasteiger partial charge on any atom is -0.324 e.